The van der Waals surface area contributed by atoms with Gasteiger partial charge in [0.15, 0.2) is 0 Å². The molecule has 0 amide bonds. The van der Waals surface area contributed by atoms with Crippen LogP contribution in [0.2, 0.25) is 0 Å². The van der Waals surface area contributed by atoms with E-state index in [0.717, 1.165) is 19.3 Å². The maximum atomic E-state index is 2.56. The van der Waals surface area contributed by atoms with Crippen molar-refractivity contribution in [1.82, 2.24) is 0 Å². The van der Waals surface area contributed by atoms with Crippen LogP contribution in [0.4, 0.5) is 0 Å². The standard InChI is InChI=1S/C45H40S/c1-4-24-45(25-5-2)40-29-32(22-23-39(40)43-37-18-10-9-16-34(37)30(3)26-41(43)45)28-33(27-31-14-7-6-8-15-31)35-19-13-20-38-36-17-11-12-21-42(36)46-44(35)38/h6-23,26,28-29H,4-5,24-25,27H2,1-3H3/b33-28-. The van der Waals surface area contributed by atoms with Crippen molar-refractivity contribution in [3.8, 4) is 11.1 Å². The fourth-order valence-electron chi connectivity index (χ4n) is 8.39. The second kappa shape index (κ2) is 11.7. The lowest BCUT2D eigenvalue weighted by atomic mass is 9.71. The molecule has 0 saturated heterocycles. The first-order valence-electron chi connectivity index (χ1n) is 16.9. The van der Waals surface area contributed by atoms with Crippen molar-refractivity contribution in [2.45, 2.75) is 58.3 Å². The molecule has 8 rings (SSSR count). The zero-order chi connectivity index (χ0) is 31.3. The van der Waals surface area contributed by atoms with E-state index in [1.807, 2.05) is 11.3 Å². The number of hydrogen-bond acceptors (Lipinski definition) is 1. The number of allylic oxidation sites excluding steroid dienone is 1. The van der Waals surface area contributed by atoms with Gasteiger partial charge in [-0.3, -0.25) is 0 Å². The van der Waals surface area contributed by atoms with Crippen LogP contribution in [0, 0.1) is 6.92 Å². The molecule has 6 aromatic carbocycles. The number of thiophene rings is 1. The number of rotatable bonds is 8. The first-order chi connectivity index (χ1) is 22.6. The molecule has 0 N–H and O–H groups in total. The zero-order valence-electron chi connectivity index (χ0n) is 27.1. The van der Waals surface area contributed by atoms with E-state index in [-0.39, 0.29) is 5.41 Å². The fourth-order valence-corrected chi connectivity index (χ4v) is 9.64. The van der Waals surface area contributed by atoms with Crippen molar-refractivity contribution >= 4 is 53.9 Å². The summed E-state index contributed by atoms with van der Waals surface area (Å²) in [6.07, 6.45) is 8.05. The Labute approximate surface area is 277 Å². The molecule has 0 fully saturated rings. The highest BCUT2D eigenvalue weighted by molar-refractivity contribution is 7.26. The van der Waals surface area contributed by atoms with Gasteiger partial charge in [0.05, 0.1) is 0 Å². The summed E-state index contributed by atoms with van der Waals surface area (Å²) in [6, 6.07) is 45.6. The van der Waals surface area contributed by atoms with E-state index in [2.05, 4.69) is 148 Å². The molecule has 226 valence electrons. The van der Waals surface area contributed by atoms with E-state index in [1.54, 1.807) is 5.56 Å². The Kier molecular flexibility index (Phi) is 7.38. The molecule has 1 aliphatic rings. The largest absolute Gasteiger partial charge is 0.135 e. The summed E-state index contributed by atoms with van der Waals surface area (Å²) in [6.45, 7) is 7.01. The Hall–Kier alpha value is -4.46. The van der Waals surface area contributed by atoms with Gasteiger partial charge in [-0.15, -0.1) is 11.3 Å². The molecular weight excluding hydrogens is 573 g/mol. The lowest BCUT2D eigenvalue weighted by Crippen LogP contribution is -2.25. The van der Waals surface area contributed by atoms with Crippen LogP contribution in [0.5, 0.6) is 0 Å². The summed E-state index contributed by atoms with van der Waals surface area (Å²) in [5.74, 6) is 0. The Morgan fingerprint density at radius 3 is 2.13 bits per heavy atom. The van der Waals surface area contributed by atoms with Crippen LogP contribution in [0.3, 0.4) is 0 Å². The second-order valence-corrected chi connectivity index (χ2v) is 14.2. The van der Waals surface area contributed by atoms with Crippen LogP contribution in [-0.2, 0) is 11.8 Å². The van der Waals surface area contributed by atoms with Crippen molar-refractivity contribution in [3.63, 3.8) is 0 Å². The minimum Gasteiger partial charge on any atom is -0.135 e. The molecule has 0 saturated carbocycles. The second-order valence-electron chi connectivity index (χ2n) is 13.2. The zero-order valence-corrected chi connectivity index (χ0v) is 27.9. The lowest BCUT2D eigenvalue weighted by Gasteiger charge is -2.32. The summed E-state index contributed by atoms with van der Waals surface area (Å²) in [5.41, 5.74) is 12.8. The Bertz CT molecular complexity index is 2260. The van der Waals surface area contributed by atoms with Gasteiger partial charge in [0.2, 0.25) is 0 Å². The van der Waals surface area contributed by atoms with Crippen molar-refractivity contribution in [2.24, 2.45) is 0 Å². The Morgan fingerprint density at radius 1 is 0.652 bits per heavy atom. The fraction of sp³-hybridized carbons (Fsp3) is 0.200. The average Bonchev–Trinajstić information content (AvgIpc) is 3.59. The normalized spacial score (nSPS) is 13.8. The van der Waals surface area contributed by atoms with Gasteiger partial charge in [-0.1, -0.05) is 148 Å². The topological polar surface area (TPSA) is 0 Å². The Morgan fingerprint density at radius 2 is 1.35 bits per heavy atom. The highest BCUT2D eigenvalue weighted by atomic mass is 32.1. The molecule has 0 spiro atoms. The van der Waals surface area contributed by atoms with Crippen molar-refractivity contribution in [1.29, 1.82) is 0 Å². The van der Waals surface area contributed by atoms with Crippen LogP contribution in [0.15, 0.2) is 121 Å². The number of hydrogen-bond donors (Lipinski definition) is 0. The average molecular weight is 613 g/mol. The van der Waals surface area contributed by atoms with Gasteiger partial charge >= 0.3 is 0 Å². The number of benzene rings is 6. The molecule has 0 bridgehead atoms. The third-order valence-electron chi connectivity index (χ3n) is 10.3. The van der Waals surface area contributed by atoms with Gasteiger partial charge in [0, 0.05) is 25.6 Å². The van der Waals surface area contributed by atoms with Gasteiger partial charge < -0.3 is 0 Å². The molecule has 1 aliphatic carbocycles. The predicted molar refractivity (Wildman–Crippen MR) is 202 cm³/mol. The first-order valence-corrected chi connectivity index (χ1v) is 17.8. The van der Waals surface area contributed by atoms with E-state index in [0.29, 0.717) is 0 Å². The lowest BCUT2D eigenvalue weighted by molar-refractivity contribution is 0.436. The molecule has 0 nitrogen and oxygen atoms in total. The van der Waals surface area contributed by atoms with Crippen LogP contribution in [-0.4, -0.2) is 0 Å². The van der Waals surface area contributed by atoms with E-state index in [9.17, 15) is 0 Å². The smallest absolute Gasteiger partial charge is 0.0430 e. The van der Waals surface area contributed by atoms with Gasteiger partial charge in [0.25, 0.3) is 0 Å². The van der Waals surface area contributed by atoms with Crippen molar-refractivity contribution < 1.29 is 0 Å². The molecule has 46 heavy (non-hydrogen) atoms. The van der Waals surface area contributed by atoms with Crippen LogP contribution in [0.1, 0.15) is 72.9 Å². The van der Waals surface area contributed by atoms with Gasteiger partial charge in [-0.05, 0) is 93.1 Å². The molecule has 0 atom stereocenters. The minimum absolute atomic E-state index is 0.0396. The van der Waals surface area contributed by atoms with Crippen LogP contribution < -0.4 is 0 Å². The summed E-state index contributed by atoms with van der Waals surface area (Å²) in [7, 11) is 0. The van der Waals surface area contributed by atoms with Crippen molar-refractivity contribution in [2.75, 3.05) is 0 Å². The van der Waals surface area contributed by atoms with Crippen LogP contribution >= 0.6 is 11.3 Å². The van der Waals surface area contributed by atoms with Gasteiger partial charge in [0.1, 0.15) is 0 Å². The third kappa shape index (κ3) is 4.64. The third-order valence-corrected chi connectivity index (χ3v) is 11.5. The number of fused-ring (bicyclic) bond motifs is 8. The monoisotopic (exact) mass is 612 g/mol. The molecule has 0 aliphatic heterocycles. The van der Waals surface area contributed by atoms with Gasteiger partial charge in [-0.2, -0.15) is 0 Å². The van der Waals surface area contributed by atoms with E-state index in [1.165, 1.54) is 88.3 Å². The molecule has 0 radical (unpaired) electrons. The number of aryl methyl sites for hydroxylation is 1. The Balaban J connectivity index is 1.35. The minimum atomic E-state index is 0.0396. The van der Waals surface area contributed by atoms with E-state index >= 15 is 0 Å². The predicted octanol–water partition coefficient (Wildman–Crippen LogP) is 13.2. The maximum absolute atomic E-state index is 2.56. The molecule has 1 heteroatoms. The van der Waals surface area contributed by atoms with Crippen molar-refractivity contribution in [3.05, 3.63) is 155 Å². The SMILES string of the molecule is CCCC1(CCC)c2cc(/C=C(/Cc3ccccc3)c3cccc4c3sc3ccccc34)ccc2-c2c1cc(C)c1ccccc21. The van der Waals surface area contributed by atoms with E-state index in [4.69, 9.17) is 0 Å². The molecule has 1 aromatic heterocycles. The maximum Gasteiger partial charge on any atom is 0.0430 e. The molecule has 1 heterocycles. The summed E-state index contributed by atoms with van der Waals surface area (Å²) < 4.78 is 2.73. The molecular formula is C45H40S. The summed E-state index contributed by atoms with van der Waals surface area (Å²) >= 11 is 1.92. The molecule has 7 aromatic rings. The van der Waals surface area contributed by atoms with Gasteiger partial charge in [-0.25, -0.2) is 0 Å². The highest BCUT2D eigenvalue weighted by Gasteiger charge is 2.42. The highest BCUT2D eigenvalue weighted by Crippen LogP contribution is 2.56. The quantitative estimate of drug-likeness (QED) is 0.150. The summed E-state index contributed by atoms with van der Waals surface area (Å²) in [4.78, 5) is 0. The van der Waals surface area contributed by atoms with Crippen LogP contribution in [0.25, 0.3) is 53.7 Å². The molecule has 0 unspecified atom stereocenters. The first kappa shape index (κ1) is 29.0. The van der Waals surface area contributed by atoms with E-state index < -0.39 is 0 Å². The summed E-state index contributed by atoms with van der Waals surface area (Å²) in [5, 5.41) is 5.48.